The van der Waals surface area contributed by atoms with Crippen LogP contribution in [0.15, 0.2) is 0 Å². The molecule has 0 unspecified atom stereocenters. The van der Waals surface area contributed by atoms with Crippen molar-refractivity contribution in [1.82, 2.24) is 0 Å². The van der Waals surface area contributed by atoms with Gasteiger partial charge in [0.1, 0.15) is 0 Å². The first-order chi connectivity index (χ1) is 10.6. The summed E-state index contributed by atoms with van der Waals surface area (Å²) in [5, 5.41) is 0.0334. The van der Waals surface area contributed by atoms with Gasteiger partial charge in [-0.1, -0.05) is 0 Å². The maximum absolute atomic E-state index is 13.3. The van der Waals surface area contributed by atoms with Gasteiger partial charge in [-0.25, -0.2) is 0 Å². The van der Waals surface area contributed by atoms with Gasteiger partial charge in [0, 0.05) is 0 Å². The van der Waals surface area contributed by atoms with Crippen molar-refractivity contribution in [3.05, 3.63) is 0 Å². The molecule has 0 saturated carbocycles. The third-order valence-corrected chi connectivity index (χ3v) is 29.4. The fraction of sp³-hybridized carbons (Fsp3) is 0.900. The molecule has 0 saturated heterocycles. The predicted molar refractivity (Wildman–Crippen MR) is 107 cm³/mol. The molecule has 0 radical (unpaired) electrons. The van der Waals surface area contributed by atoms with Crippen molar-refractivity contribution < 1.29 is 25.9 Å². The van der Waals surface area contributed by atoms with Gasteiger partial charge in [0.2, 0.25) is 0 Å². The van der Waals surface area contributed by atoms with Gasteiger partial charge in [0.25, 0.3) is 0 Å². The maximum atomic E-state index is 13.3. The van der Waals surface area contributed by atoms with E-state index in [1.807, 2.05) is 0 Å². The van der Waals surface area contributed by atoms with Crippen molar-refractivity contribution in [3.8, 4) is 0 Å². The van der Waals surface area contributed by atoms with Crippen LogP contribution in [0.1, 0.15) is 102 Å². The molecule has 0 aromatic carbocycles. The summed E-state index contributed by atoms with van der Waals surface area (Å²) in [5.41, 5.74) is -2.31. The molecule has 0 bridgehead atoms. The van der Waals surface area contributed by atoms with E-state index < -0.39 is 21.7 Å². The summed E-state index contributed by atoms with van der Waals surface area (Å²) in [7, 11) is 0. The summed E-state index contributed by atoms with van der Waals surface area (Å²) < 4.78 is 0.627. The van der Waals surface area contributed by atoms with Crippen LogP contribution in [0.4, 0.5) is 0 Å². The summed E-state index contributed by atoms with van der Waals surface area (Å²) >= 11 is -1.93. The van der Waals surface area contributed by atoms with Crippen LogP contribution in [0.25, 0.3) is 0 Å². The number of carbonyl (C=O) groups excluding carboxylic acids is 2. The van der Waals surface area contributed by atoms with Crippen LogP contribution in [-0.4, -0.2) is 24.0 Å². The van der Waals surface area contributed by atoms with E-state index in [2.05, 4.69) is 76.2 Å². The Bertz CT molecular complexity index is 396. The summed E-state index contributed by atoms with van der Waals surface area (Å²) in [6.45, 7) is 24.8. The first-order valence-corrected chi connectivity index (χ1v) is 15.0. The van der Waals surface area contributed by atoms with Gasteiger partial charge >= 0.3 is 157 Å². The third kappa shape index (κ3) is 4.58. The van der Waals surface area contributed by atoms with Gasteiger partial charge in [-0.2, -0.15) is 0 Å². The van der Waals surface area contributed by atoms with Crippen molar-refractivity contribution in [3.63, 3.8) is 0 Å². The zero-order chi connectivity index (χ0) is 19.6. The molecule has 0 aliphatic carbocycles. The van der Waals surface area contributed by atoms with Crippen molar-refractivity contribution in [1.29, 1.82) is 0 Å². The molecule has 0 atom stereocenters. The normalized spacial score (nSPS) is 15.2. The fourth-order valence-corrected chi connectivity index (χ4v) is 31.0. The Kier molecular flexibility index (Phi) is 8.57. The van der Waals surface area contributed by atoms with Gasteiger partial charge in [-0.05, 0) is 0 Å². The van der Waals surface area contributed by atoms with Crippen molar-refractivity contribution in [2.24, 2.45) is 0 Å². The molecule has 4 heteroatoms. The number of hydrogen-bond acceptors (Lipinski definition) is 2. The van der Waals surface area contributed by atoms with Gasteiger partial charge in [0.15, 0.2) is 0 Å². The Labute approximate surface area is 157 Å². The summed E-state index contributed by atoms with van der Waals surface area (Å²) in [5.74, 6) is 0. The second-order valence-corrected chi connectivity index (χ2v) is 23.7. The Balaban J connectivity index is 6.82. The molecule has 0 aromatic rings. The Hall–Kier alpha value is 0.432. The van der Waals surface area contributed by atoms with Crippen LogP contribution in [-0.2, 0) is 25.9 Å². The topological polar surface area (TPSA) is 34.1 Å². The Morgan fingerprint density at radius 1 is 0.667 bits per heavy atom. The van der Waals surface area contributed by atoms with Crippen molar-refractivity contribution in [2.45, 2.75) is 117 Å². The van der Waals surface area contributed by atoms with Crippen LogP contribution in [0, 0.1) is 0 Å². The SMILES string of the molecule is CCC[C](=O)[Pd]([C](=O)CCC)[PH](C(C)(C)C)(C(C)(C)C)C(C)(C)C. The molecule has 0 heterocycles. The zero-order valence-corrected chi connectivity index (χ0v) is 20.5. The molecule has 0 aliphatic rings. The van der Waals surface area contributed by atoms with Crippen LogP contribution in [0.2, 0.25) is 0 Å². The quantitative estimate of drug-likeness (QED) is 0.335. The van der Waals surface area contributed by atoms with E-state index in [-0.39, 0.29) is 15.5 Å². The molecule has 149 valence electrons. The van der Waals surface area contributed by atoms with Crippen molar-refractivity contribution in [2.75, 3.05) is 0 Å². The van der Waals surface area contributed by atoms with E-state index in [0.29, 0.717) is 21.4 Å². The fourth-order valence-electron chi connectivity index (χ4n) is 4.97. The van der Waals surface area contributed by atoms with E-state index in [9.17, 15) is 9.59 Å². The first-order valence-electron chi connectivity index (χ1n) is 9.25. The van der Waals surface area contributed by atoms with E-state index in [4.69, 9.17) is 0 Å². The van der Waals surface area contributed by atoms with Crippen molar-refractivity contribution >= 4 is 14.0 Å². The van der Waals surface area contributed by atoms with Crippen LogP contribution < -0.4 is 0 Å². The molecular weight excluding hydrogens is 410 g/mol. The Morgan fingerprint density at radius 3 is 1.08 bits per heavy atom. The minimum atomic E-state index is -2.31. The van der Waals surface area contributed by atoms with Crippen LogP contribution in [0.5, 0.6) is 0 Å². The van der Waals surface area contributed by atoms with E-state index in [1.54, 1.807) is 0 Å². The zero-order valence-electron chi connectivity index (χ0n) is 18.0. The molecule has 2 nitrogen and oxygen atoms in total. The third-order valence-electron chi connectivity index (χ3n) is 4.41. The van der Waals surface area contributed by atoms with Crippen LogP contribution >= 0.6 is 5.45 Å². The monoisotopic (exact) mass is 451 g/mol. The molecule has 0 amide bonds. The second-order valence-electron chi connectivity index (χ2n) is 9.74. The molecule has 0 spiro atoms. The molecule has 0 aliphatic heterocycles. The Morgan fingerprint density at radius 2 is 0.917 bits per heavy atom. The standard InChI is InChI=1S/C12H27P.2C4H7O.Pd/c1-10(2,3)13(11(4,5)6)12(7,8)9;2*1-2-3-4-5;/h1-9H3;2*2-3H2,1H3;/q;;;-1/p+1. The minimum absolute atomic E-state index is 0.0111. The summed E-state index contributed by atoms with van der Waals surface area (Å²) in [6.07, 6.45) is 2.85. The number of carbonyl (C=O) groups is 2. The molecule has 24 heavy (non-hydrogen) atoms. The average Bonchev–Trinajstić information content (AvgIpc) is 2.30. The summed E-state index contributed by atoms with van der Waals surface area (Å²) in [4.78, 5) is 26.6. The van der Waals surface area contributed by atoms with E-state index in [0.717, 1.165) is 12.8 Å². The average molecular weight is 452 g/mol. The molecule has 0 aromatic heterocycles. The number of hydrogen-bond donors (Lipinski definition) is 0. The number of rotatable bonds is 7. The van der Waals surface area contributed by atoms with Gasteiger partial charge in [0.05, 0.1) is 0 Å². The van der Waals surface area contributed by atoms with Crippen LogP contribution in [0.3, 0.4) is 0 Å². The molecule has 0 N–H and O–H groups in total. The van der Waals surface area contributed by atoms with E-state index in [1.165, 1.54) is 0 Å². The van der Waals surface area contributed by atoms with E-state index >= 15 is 0 Å². The second kappa shape index (κ2) is 8.42. The van der Waals surface area contributed by atoms with Gasteiger partial charge < -0.3 is 0 Å². The molecule has 0 rings (SSSR count). The molecule has 0 fully saturated rings. The summed E-state index contributed by atoms with van der Waals surface area (Å²) in [6, 6.07) is 0. The first kappa shape index (κ1) is 24.4. The van der Waals surface area contributed by atoms with Gasteiger partial charge in [-0.3, -0.25) is 0 Å². The van der Waals surface area contributed by atoms with Gasteiger partial charge in [-0.15, -0.1) is 0 Å². The predicted octanol–water partition coefficient (Wildman–Crippen LogP) is 6.32. The molecular formula is C20H42O2PPd.